The van der Waals surface area contributed by atoms with Crippen molar-refractivity contribution < 1.29 is 0 Å². The maximum Gasteiger partial charge on any atom is 0.143 e. The van der Waals surface area contributed by atoms with Gasteiger partial charge in [0.25, 0.3) is 0 Å². The molecule has 0 unspecified atom stereocenters. The molecule has 0 radical (unpaired) electrons. The first-order valence-electron chi connectivity index (χ1n) is 7.03. The SMILES string of the molecule is c1nc(N2CCCCC2)c2cc(-c3ccsc3)[nH]c2n1. The third kappa shape index (κ3) is 1.98. The zero-order valence-corrected chi connectivity index (χ0v) is 12.0. The van der Waals surface area contributed by atoms with Gasteiger partial charge in [-0.2, -0.15) is 11.3 Å². The Morgan fingerprint density at radius 2 is 2.05 bits per heavy atom. The van der Waals surface area contributed by atoms with Crippen LogP contribution in [0.2, 0.25) is 0 Å². The van der Waals surface area contributed by atoms with Crippen molar-refractivity contribution in [3.05, 3.63) is 29.2 Å². The summed E-state index contributed by atoms with van der Waals surface area (Å²) in [5.74, 6) is 1.08. The number of nitrogens with zero attached hydrogens (tertiary/aromatic N) is 3. The van der Waals surface area contributed by atoms with E-state index in [2.05, 4.69) is 42.7 Å². The third-order valence-corrected chi connectivity index (χ3v) is 4.58. The highest BCUT2D eigenvalue weighted by Gasteiger charge is 2.17. The zero-order valence-electron chi connectivity index (χ0n) is 11.2. The third-order valence-electron chi connectivity index (χ3n) is 3.89. The number of H-pyrrole nitrogens is 1. The summed E-state index contributed by atoms with van der Waals surface area (Å²) in [4.78, 5) is 14.7. The Bertz CT molecular complexity index is 711. The van der Waals surface area contributed by atoms with Gasteiger partial charge in [-0.1, -0.05) is 0 Å². The monoisotopic (exact) mass is 284 g/mol. The lowest BCUT2D eigenvalue weighted by Crippen LogP contribution is -2.30. The molecule has 3 aromatic rings. The fraction of sp³-hybridized carbons (Fsp3) is 0.333. The predicted molar refractivity (Wildman–Crippen MR) is 83.3 cm³/mol. The molecule has 5 heteroatoms. The second kappa shape index (κ2) is 4.90. The van der Waals surface area contributed by atoms with Crippen LogP contribution in [0.3, 0.4) is 0 Å². The van der Waals surface area contributed by atoms with E-state index in [0.717, 1.165) is 35.6 Å². The molecule has 0 atom stereocenters. The topological polar surface area (TPSA) is 44.8 Å². The minimum atomic E-state index is 0.932. The standard InChI is InChI=1S/C15H16N4S/c1-2-5-19(6-3-1)15-12-8-13(11-4-7-20-9-11)18-14(12)16-10-17-15/h4,7-10H,1-3,5-6H2,(H,16,17,18). The Morgan fingerprint density at radius 3 is 2.85 bits per heavy atom. The highest BCUT2D eigenvalue weighted by atomic mass is 32.1. The maximum absolute atomic E-state index is 4.52. The number of piperidine rings is 1. The lowest BCUT2D eigenvalue weighted by molar-refractivity contribution is 0.574. The summed E-state index contributed by atoms with van der Waals surface area (Å²) in [6.45, 7) is 2.20. The van der Waals surface area contributed by atoms with Crippen molar-refractivity contribution in [1.29, 1.82) is 0 Å². The summed E-state index contributed by atoms with van der Waals surface area (Å²) in [7, 11) is 0. The molecule has 3 aromatic heterocycles. The Hall–Kier alpha value is -1.88. The van der Waals surface area contributed by atoms with Gasteiger partial charge in [0, 0.05) is 29.7 Å². The average Bonchev–Trinajstić information content (AvgIpc) is 3.16. The minimum absolute atomic E-state index is 0.932. The number of hydrogen-bond donors (Lipinski definition) is 1. The number of aromatic amines is 1. The summed E-state index contributed by atoms with van der Waals surface area (Å²) < 4.78 is 0. The van der Waals surface area contributed by atoms with E-state index < -0.39 is 0 Å². The molecule has 20 heavy (non-hydrogen) atoms. The van der Waals surface area contributed by atoms with E-state index >= 15 is 0 Å². The van der Waals surface area contributed by atoms with Gasteiger partial charge in [-0.05, 0) is 36.8 Å². The average molecular weight is 284 g/mol. The Kier molecular flexibility index (Phi) is 2.92. The van der Waals surface area contributed by atoms with Crippen LogP contribution in [0.15, 0.2) is 29.2 Å². The highest BCUT2D eigenvalue weighted by molar-refractivity contribution is 7.08. The predicted octanol–water partition coefficient (Wildman–Crippen LogP) is 3.68. The molecule has 0 aromatic carbocycles. The van der Waals surface area contributed by atoms with Gasteiger partial charge in [0.15, 0.2) is 0 Å². The van der Waals surface area contributed by atoms with E-state index in [1.54, 1.807) is 17.7 Å². The smallest absolute Gasteiger partial charge is 0.143 e. The molecule has 0 bridgehead atoms. The van der Waals surface area contributed by atoms with Crippen LogP contribution in [0.1, 0.15) is 19.3 Å². The van der Waals surface area contributed by atoms with Gasteiger partial charge in [0.05, 0.1) is 5.39 Å². The fourth-order valence-corrected chi connectivity index (χ4v) is 3.51. The largest absolute Gasteiger partial charge is 0.356 e. The molecule has 1 saturated heterocycles. The molecule has 0 spiro atoms. The fourth-order valence-electron chi connectivity index (χ4n) is 2.86. The molecule has 1 aliphatic rings. The molecule has 4 rings (SSSR count). The number of nitrogens with one attached hydrogen (secondary N) is 1. The maximum atomic E-state index is 4.52. The molecular formula is C15H16N4S. The second-order valence-electron chi connectivity index (χ2n) is 5.20. The number of thiophene rings is 1. The normalized spacial score (nSPS) is 15.9. The molecule has 0 saturated carbocycles. The van der Waals surface area contributed by atoms with Gasteiger partial charge in [-0.25, -0.2) is 9.97 Å². The number of aromatic nitrogens is 3. The molecule has 4 heterocycles. The first kappa shape index (κ1) is 11.9. The van der Waals surface area contributed by atoms with E-state index in [1.165, 1.54) is 24.8 Å². The van der Waals surface area contributed by atoms with Crippen molar-refractivity contribution >= 4 is 28.2 Å². The Morgan fingerprint density at radius 1 is 1.15 bits per heavy atom. The van der Waals surface area contributed by atoms with E-state index in [0.29, 0.717) is 0 Å². The van der Waals surface area contributed by atoms with E-state index in [-0.39, 0.29) is 0 Å². The zero-order chi connectivity index (χ0) is 13.4. The van der Waals surface area contributed by atoms with Crippen LogP contribution >= 0.6 is 11.3 Å². The van der Waals surface area contributed by atoms with Gasteiger partial charge < -0.3 is 9.88 Å². The number of rotatable bonds is 2. The molecule has 0 aliphatic carbocycles. The minimum Gasteiger partial charge on any atom is -0.356 e. The van der Waals surface area contributed by atoms with Gasteiger partial charge in [-0.15, -0.1) is 0 Å². The summed E-state index contributed by atoms with van der Waals surface area (Å²) in [6.07, 6.45) is 5.51. The van der Waals surface area contributed by atoms with Crippen molar-refractivity contribution in [2.24, 2.45) is 0 Å². The Balaban J connectivity index is 1.81. The van der Waals surface area contributed by atoms with Crippen molar-refractivity contribution in [2.75, 3.05) is 18.0 Å². The van der Waals surface area contributed by atoms with Crippen LogP contribution < -0.4 is 4.90 Å². The molecular weight excluding hydrogens is 268 g/mol. The first-order chi connectivity index (χ1) is 9.92. The van der Waals surface area contributed by atoms with E-state index in [1.807, 2.05) is 0 Å². The summed E-state index contributed by atoms with van der Waals surface area (Å²) >= 11 is 1.71. The van der Waals surface area contributed by atoms with E-state index in [9.17, 15) is 0 Å². The number of fused-ring (bicyclic) bond motifs is 1. The van der Waals surface area contributed by atoms with Crippen LogP contribution in [-0.2, 0) is 0 Å². The van der Waals surface area contributed by atoms with Crippen LogP contribution in [0, 0.1) is 0 Å². The molecule has 4 nitrogen and oxygen atoms in total. The molecule has 0 amide bonds. The first-order valence-corrected chi connectivity index (χ1v) is 7.97. The quantitative estimate of drug-likeness (QED) is 0.781. The van der Waals surface area contributed by atoms with Gasteiger partial charge >= 0.3 is 0 Å². The van der Waals surface area contributed by atoms with Gasteiger partial charge in [0.2, 0.25) is 0 Å². The summed E-state index contributed by atoms with van der Waals surface area (Å²) in [6, 6.07) is 4.31. The summed E-state index contributed by atoms with van der Waals surface area (Å²) in [5, 5.41) is 5.38. The molecule has 1 N–H and O–H groups in total. The highest BCUT2D eigenvalue weighted by Crippen LogP contribution is 2.30. The number of hydrogen-bond acceptors (Lipinski definition) is 4. The lowest BCUT2D eigenvalue weighted by Gasteiger charge is -2.27. The van der Waals surface area contributed by atoms with Crippen LogP contribution in [0.25, 0.3) is 22.3 Å². The van der Waals surface area contributed by atoms with Crippen LogP contribution in [0.4, 0.5) is 5.82 Å². The molecule has 102 valence electrons. The van der Waals surface area contributed by atoms with Crippen molar-refractivity contribution in [3.8, 4) is 11.3 Å². The number of anilines is 1. The van der Waals surface area contributed by atoms with Crippen molar-refractivity contribution in [3.63, 3.8) is 0 Å². The Labute approximate surface area is 121 Å². The molecule has 1 aliphatic heterocycles. The van der Waals surface area contributed by atoms with Crippen LogP contribution in [-0.4, -0.2) is 28.0 Å². The van der Waals surface area contributed by atoms with Crippen molar-refractivity contribution in [2.45, 2.75) is 19.3 Å². The van der Waals surface area contributed by atoms with Gasteiger partial charge in [0.1, 0.15) is 17.8 Å². The lowest BCUT2D eigenvalue weighted by atomic mass is 10.1. The van der Waals surface area contributed by atoms with E-state index in [4.69, 9.17) is 0 Å². The van der Waals surface area contributed by atoms with Gasteiger partial charge in [-0.3, -0.25) is 0 Å². The second-order valence-corrected chi connectivity index (χ2v) is 5.98. The van der Waals surface area contributed by atoms with Crippen molar-refractivity contribution in [1.82, 2.24) is 15.0 Å². The van der Waals surface area contributed by atoms with Crippen LogP contribution in [0.5, 0.6) is 0 Å². The molecule has 1 fully saturated rings. The summed E-state index contributed by atoms with van der Waals surface area (Å²) in [5.41, 5.74) is 3.28.